The molecule has 0 aliphatic heterocycles. The maximum atomic E-state index is 9.08. The van der Waals surface area contributed by atoms with Crippen molar-refractivity contribution in [1.29, 1.82) is 0 Å². The highest BCUT2D eigenvalue weighted by atomic mass is 16.5. The fraction of sp³-hybridized carbons (Fsp3) is 0.333. The Hall–Kier alpha value is -1.92. The van der Waals surface area contributed by atoms with Crippen molar-refractivity contribution >= 4 is 0 Å². The average Bonchev–Trinajstić information content (AvgIpc) is 2.71. The first-order valence-electron chi connectivity index (χ1n) is 5.64. The Kier molecular flexibility index (Phi) is 3.59. The van der Waals surface area contributed by atoms with Gasteiger partial charge in [-0.05, 0) is 12.1 Å². The molecule has 0 fully saturated rings. The van der Waals surface area contributed by atoms with Crippen LogP contribution in [0.5, 0.6) is 11.8 Å². The van der Waals surface area contributed by atoms with Gasteiger partial charge in [-0.3, -0.25) is 4.57 Å². The topological polar surface area (TPSA) is 80.4 Å². The molecule has 0 saturated carbocycles. The van der Waals surface area contributed by atoms with Crippen LogP contribution in [0, 0.1) is 0 Å². The Bertz CT molecular complexity index is 537. The molecule has 1 heterocycles. The number of nitrogens with zero attached hydrogens (tertiary/aromatic N) is 3. The van der Waals surface area contributed by atoms with Crippen LogP contribution in [0.25, 0.3) is 0 Å². The molecule has 2 N–H and O–H groups in total. The van der Waals surface area contributed by atoms with Gasteiger partial charge in [0.05, 0.1) is 0 Å². The van der Waals surface area contributed by atoms with Crippen LogP contribution in [0.2, 0.25) is 0 Å². The Balaban J connectivity index is 2.23. The SMILES string of the molecule is CCc1nnc(Oc2cccc(C(O)O)c2)n1C. The fourth-order valence-corrected chi connectivity index (χ4v) is 1.59. The summed E-state index contributed by atoms with van der Waals surface area (Å²) in [5, 5.41) is 26.1. The van der Waals surface area contributed by atoms with Gasteiger partial charge in [0.1, 0.15) is 11.6 Å². The molecule has 18 heavy (non-hydrogen) atoms. The van der Waals surface area contributed by atoms with Crippen molar-refractivity contribution < 1.29 is 14.9 Å². The second kappa shape index (κ2) is 5.16. The Morgan fingerprint density at radius 1 is 1.33 bits per heavy atom. The molecule has 0 bridgehead atoms. The number of aliphatic hydroxyl groups is 2. The zero-order valence-electron chi connectivity index (χ0n) is 10.2. The Labute approximate surface area is 104 Å². The van der Waals surface area contributed by atoms with Crippen LogP contribution < -0.4 is 4.74 Å². The van der Waals surface area contributed by atoms with Crippen LogP contribution in [-0.4, -0.2) is 25.0 Å². The second-order valence-electron chi connectivity index (χ2n) is 3.86. The molecule has 1 aromatic carbocycles. The minimum Gasteiger partial charge on any atom is -0.424 e. The summed E-state index contributed by atoms with van der Waals surface area (Å²) in [7, 11) is 1.82. The minimum atomic E-state index is -1.51. The van der Waals surface area contributed by atoms with Crippen LogP contribution >= 0.6 is 0 Å². The fourth-order valence-electron chi connectivity index (χ4n) is 1.59. The predicted molar refractivity (Wildman–Crippen MR) is 64.1 cm³/mol. The number of benzene rings is 1. The van der Waals surface area contributed by atoms with Crippen molar-refractivity contribution in [2.24, 2.45) is 7.05 Å². The van der Waals surface area contributed by atoms with E-state index in [4.69, 9.17) is 14.9 Å². The maximum Gasteiger partial charge on any atom is 0.322 e. The zero-order chi connectivity index (χ0) is 13.1. The molecule has 0 unspecified atom stereocenters. The van der Waals surface area contributed by atoms with E-state index < -0.39 is 6.29 Å². The van der Waals surface area contributed by atoms with Gasteiger partial charge in [-0.25, -0.2) is 0 Å². The van der Waals surface area contributed by atoms with Crippen molar-refractivity contribution in [2.45, 2.75) is 19.6 Å². The van der Waals surface area contributed by atoms with Gasteiger partial charge in [-0.2, -0.15) is 0 Å². The first-order chi connectivity index (χ1) is 8.61. The van der Waals surface area contributed by atoms with E-state index in [1.165, 1.54) is 0 Å². The monoisotopic (exact) mass is 249 g/mol. The summed E-state index contributed by atoms with van der Waals surface area (Å²) in [6, 6.07) is 6.92. The van der Waals surface area contributed by atoms with Gasteiger partial charge in [0.25, 0.3) is 0 Å². The molecule has 0 saturated heterocycles. The molecular weight excluding hydrogens is 234 g/mol. The maximum absolute atomic E-state index is 9.08. The molecule has 96 valence electrons. The van der Waals surface area contributed by atoms with Crippen molar-refractivity contribution in [3.63, 3.8) is 0 Å². The second-order valence-corrected chi connectivity index (χ2v) is 3.86. The minimum absolute atomic E-state index is 0.366. The van der Waals surface area contributed by atoms with E-state index in [-0.39, 0.29) is 0 Å². The van der Waals surface area contributed by atoms with Crippen molar-refractivity contribution in [3.8, 4) is 11.8 Å². The van der Waals surface area contributed by atoms with Gasteiger partial charge in [0, 0.05) is 19.0 Å². The third kappa shape index (κ3) is 2.49. The summed E-state index contributed by atoms with van der Waals surface area (Å²) < 4.78 is 7.30. The number of aromatic nitrogens is 3. The lowest BCUT2D eigenvalue weighted by Gasteiger charge is -2.08. The van der Waals surface area contributed by atoms with Crippen LogP contribution in [0.4, 0.5) is 0 Å². The van der Waals surface area contributed by atoms with Gasteiger partial charge in [0.15, 0.2) is 6.29 Å². The van der Waals surface area contributed by atoms with Crippen LogP contribution in [0.15, 0.2) is 24.3 Å². The van der Waals surface area contributed by atoms with E-state index in [9.17, 15) is 0 Å². The Morgan fingerprint density at radius 2 is 2.11 bits per heavy atom. The highest BCUT2D eigenvalue weighted by molar-refractivity contribution is 5.31. The lowest BCUT2D eigenvalue weighted by Crippen LogP contribution is -1.99. The average molecular weight is 249 g/mol. The van der Waals surface area contributed by atoms with E-state index in [0.29, 0.717) is 17.3 Å². The van der Waals surface area contributed by atoms with E-state index in [0.717, 1.165) is 12.2 Å². The first kappa shape index (κ1) is 12.5. The molecule has 6 heteroatoms. The molecule has 0 aliphatic carbocycles. The summed E-state index contributed by atoms with van der Waals surface area (Å²) >= 11 is 0. The van der Waals surface area contributed by atoms with E-state index in [1.54, 1.807) is 28.8 Å². The number of hydrogen-bond donors (Lipinski definition) is 2. The quantitative estimate of drug-likeness (QED) is 0.794. The van der Waals surface area contributed by atoms with E-state index in [2.05, 4.69) is 10.2 Å². The summed E-state index contributed by atoms with van der Waals surface area (Å²) in [6.45, 7) is 1.98. The summed E-state index contributed by atoms with van der Waals surface area (Å²) in [5.74, 6) is 1.31. The number of aryl methyl sites for hydroxylation is 1. The normalized spacial score (nSPS) is 10.9. The standard InChI is InChI=1S/C12H15N3O3/c1-3-10-13-14-12(15(10)2)18-9-6-4-5-8(7-9)11(16)17/h4-7,11,16-17H,3H2,1-2H3. The van der Waals surface area contributed by atoms with Crippen molar-refractivity contribution in [3.05, 3.63) is 35.7 Å². The number of rotatable bonds is 4. The molecule has 0 spiro atoms. The number of aliphatic hydroxyl groups excluding tert-OH is 1. The van der Waals surface area contributed by atoms with Gasteiger partial charge in [0.2, 0.25) is 0 Å². The van der Waals surface area contributed by atoms with Gasteiger partial charge < -0.3 is 14.9 Å². The first-order valence-corrected chi connectivity index (χ1v) is 5.64. The molecule has 0 radical (unpaired) electrons. The third-order valence-electron chi connectivity index (χ3n) is 2.61. The van der Waals surface area contributed by atoms with E-state index >= 15 is 0 Å². The molecule has 1 aromatic heterocycles. The predicted octanol–water partition coefficient (Wildman–Crippen LogP) is 1.15. The summed E-state index contributed by atoms with van der Waals surface area (Å²) in [5.41, 5.74) is 0.366. The Morgan fingerprint density at radius 3 is 2.72 bits per heavy atom. The molecule has 0 atom stereocenters. The largest absolute Gasteiger partial charge is 0.424 e. The molecule has 0 amide bonds. The lowest BCUT2D eigenvalue weighted by atomic mass is 10.2. The van der Waals surface area contributed by atoms with Crippen LogP contribution in [0.3, 0.4) is 0 Å². The molecule has 6 nitrogen and oxygen atoms in total. The highest BCUT2D eigenvalue weighted by Gasteiger charge is 2.10. The molecule has 0 aliphatic rings. The number of hydrogen-bond acceptors (Lipinski definition) is 5. The third-order valence-corrected chi connectivity index (χ3v) is 2.61. The smallest absolute Gasteiger partial charge is 0.322 e. The number of ether oxygens (including phenoxy) is 1. The lowest BCUT2D eigenvalue weighted by molar-refractivity contribution is -0.0425. The van der Waals surface area contributed by atoms with Crippen LogP contribution in [-0.2, 0) is 13.5 Å². The van der Waals surface area contributed by atoms with Gasteiger partial charge >= 0.3 is 6.01 Å². The van der Waals surface area contributed by atoms with Crippen molar-refractivity contribution in [1.82, 2.24) is 14.8 Å². The summed E-state index contributed by atoms with van der Waals surface area (Å²) in [4.78, 5) is 0. The van der Waals surface area contributed by atoms with Crippen molar-refractivity contribution in [2.75, 3.05) is 0 Å². The molecule has 2 rings (SSSR count). The van der Waals surface area contributed by atoms with Gasteiger partial charge in [-0.15, -0.1) is 5.10 Å². The summed E-state index contributed by atoms with van der Waals surface area (Å²) in [6.07, 6.45) is -0.748. The zero-order valence-corrected chi connectivity index (χ0v) is 10.2. The molecular formula is C12H15N3O3. The van der Waals surface area contributed by atoms with E-state index in [1.807, 2.05) is 14.0 Å². The van der Waals surface area contributed by atoms with Crippen LogP contribution in [0.1, 0.15) is 24.6 Å². The van der Waals surface area contributed by atoms with Gasteiger partial charge in [-0.1, -0.05) is 24.2 Å². The highest BCUT2D eigenvalue weighted by Crippen LogP contribution is 2.22. The molecule has 2 aromatic rings.